The van der Waals surface area contributed by atoms with Crippen LogP contribution in [0.5, 0.6) is 0 Å². The summed E-state index contributed by atoms with van der Waals surface area (Å²) in [6, 6.07) is 0. The Bertz CT molecular complexity index is 237. The average molecular weight is 231 g/mol. The van der Waals surface area contributed by atoms with Crippen LogP contribution in [0, 0.1) is 0 Å². The number of rotatable bonds is 6. The first kappa shape index (κ1) is 12.7. The van der Waals surface area contributed by atoms with Crippen LogP contribution in [-0.4, -0.2) is 44.2 Å². The van der Waals surface area contributed by atoms with E-state index in [9.17, 15) is 4.39 Å². The van der Waals surface area contributed by atoms with Gasteiger partial charge in [-0.25, -0.2) is 4.99 Å². The zero-order chi connectivity index (χ0) is 11.1. The molecule has 0 bridgehead atoms. The number of likely N-dealkylation sites (tertiary alicyclic amines) is 1. The molecule has 1 aliphatic heterocycles. The maximum absolute atomic E-state index is 13.3. The molecular formula is C10H18FN3S. The molecule has 5 heteroatoms. The number of halogens is 1. The SMILES string of the molecule is C=N/C(F)=C(/CN1CCCC1)SCNC. The van der Waals surface area contributed by atoms with Gasteiger partial charge >= 0.3 is 0 Å². The van der Waals surface area contributed by atoms with Crippen molar-refractivity contribution in [2.24, 2.45) is 4.99 Å². The van der Waals surface area contributed by atoms with Gasteiger partial charge < -0.3 is 5.32 Å². The quantitative estimate of drug-likeness (QED) is 0.429. The van der Waals surface area contributed by atoms with Crippen LogP contribution in [0.1, 0.15) is 12.8 Å². The Morgan fingerprint density at radius 2 is 2.20 bits per heavy atom. The lowest BCUT2D eigenvalue weighted by atomic mass is 10.4. The van der Waals surface area contributed by atoms with E-state index in [2.05, 4.69) is 21.9 Å². The topological polar surface area (TPSA) is 27.6 Å². The van der Waals surface area contributed by atoms with Crippen molar-refractivity contribution < 1.29 is 4.39 Å². The van der Waals surface area contributed by atoms with Gasteiger partial charge in [-0.05, 0) is 39.7 Å². The summed E-state index contributed by atoms with van der Waals surface area (Å²) in [7, 11) is 1.85. The molecule has 0 aromatic carbocycles. The molecule has 0 saturated carbocycles. The molecule has 86 valence electrons. The van der Waals surface area contributed by atoms with Gasteiger partial charge in [0, 0.05) is 12.4 Å². The van der Waals surface area contributed by atoms with Crippen LogP contribution in [-0.2, 0) is 0 Å². The van der Waals surface area contributed by atoms with Crippen LogP contribution in [0.2, 0.25) is 0 Å². The zero-order valence-electron chi connectivity index (χ0n) is 9.13. The number of nitrogens with one attached hydrogen (secondary N) is 1. The van der Waals surface area contributed by atoms with Gasteiger partial charge in [-0.1, -0.05) is 0 Å². The van der Waals surface area contributed by atoms with Crippen LogP contribution in [0.4, 0.5) is 4.39 Å². The number of nitrogens with zero attached hydrogens (tertiary/aromatic N) is 2. The van der Waals surface area contributed by atoms with Crippen molar-refractivity contribution in [1.29, 1.82) is 0 Å². The molecule has 0 aromatic heterocycles. The maximum atomic E-state index is 13.3. The van der Waals surface area contributed by atoms with Crippen molar-refractivity contribution in [3.8, 4) is 0 Å². The molecule has 0 aliphatic carbocycles. The first-order chi connectivity index (χ1) is 7.27. The summed E-state index contributed by atoms with van der Waals surface area (Å²) in [4.78, 5) is 6.31. The molecule has 1 rings (SSSR count). The average Bonchev–Trinajstić information content (AvgIpc) is 2.75. The fourth-order valence-electron chi connectivity index (χ4n) is 1.56. The minimum atomic E-state index is -0.429. The third kappa shape index (κ3) is 4.32. The highest BCUT2D eigenvalue weighted by Crippen LogP contribution is 2.23. The number of hydrogen-bond acceptors (Lipinski definition) is 4. The highest BCUT2D eigenvalue weighted by atomic mass is 32.2. The fourth-order valence-corrected chi connectivity index (χ4v) is 2.34. The second-order valence-electron chi connectivity index (χ2n) is 3.50. The third-order valence-corrected chi connectivity index (χ3v) is 3.40. The predicted octanol–water partition coefficient (Wildman–Crippen LogP) is 1.83. The van der Waals surface area contributed by atoms with E-state index in [1.807, 2.05) is 7.05 Å². The lowest BCUT2D eigenvalue weighted by Crippen LogP contribution is -2.22. The molecule has 0 aromatic rings. The van der Waals surface area contributed by atoms with Gasteiger partial charge in [0.15, 0.2) is 0 Å². The van der Waals surface area contributed by atoms with Crippen LogP contribution >= 0.6 is 11.8 Å². The third-order valence-electron chi connectivity index (χ3n) is 2.33. The Labute approximate surface area is 94.8 Å². The minimum absolute atomic E-state index is 0.429. The van der Waals surface area contributed by atoms with Crippen molar-refractivity contribution >= 4 is 18.5 Å². The molecule has 1 N–H and O–H groups in total. The molecule has 0 atom stereocenters. The predicted molar refractivity (Wildman–Crippen MR) is 64.9 cm³/mol. The van der Waals surface area contributed by atoms with Gasteiger partial charge in [-0.2, -0.15) is 4.39 Å². The summed E-state index contributed by atoms with van der Waals surface area (Å²) >= 11 is 1.46. The normalized spacial score (nSPS) is 19.1. The Balaban J connectivity index is 2.51. The van der Waals surface area contributed by atoms with Crippen molar-refractivity contribution in [3.05, 3.63) is 10.9 Å². The summed E-state index contributed by atoms with van der Waals surface area (Å²) in [5.74, 6) is 0.272. The Morgan fingerprint density at radius 3 is 2.73 bits per heavy atom. The Kier molecular flexibility index (Phi) is 5.90. The molecule has 0 unspecified atom stereocenters. The smallest absolute Gasteiger partial charge is 0.223 e. The molecule has 3 nitrogen and oxygen atoms in total. The van der Waals surface area contributed by atoms with E-state index in [-0.39, 0.29) is 0 Å². The fraction of sp³-hybridized carbons (Fsp3) is 0.700. The number of aliphatic imine (C=N–C) groups is 1. The molecular weight excluding hydrogens is 213 g/mol. The van der Waals surface area contributed by atoms with Gasteiger partial charge in [0.2, 0.25) is 5.95 Å². The van der Waals surface area contributed by atoms with Gasteiger partial charge in [0.05, 0.1) is 4.91 Å². The van der Waals surface area contributed by atoms with Gasteiger partial charge in [0.25, 0.3) is 0 Å². The minimum Gasteiger partial charge on any atom is -0.311 e. The van der Waals surface area contributed by atoms with Gasteiger partial charge in [0.1, 0.15) is 0 Å². The second-order valence-corrected chi connectivity index (χ2v) is 4.57. The Morgan fingerprint density at radius 1 is 1.53 bits per heavy atom. The molecule has 0 radical (unpaired) electrons. The first-order valence-corrected chi connectivity index (χ1v) is 6.11. The van der Waals surface area contributed by atoms with Crippen LogP contribution in [0.25, 0.3) is 0 Å². The second kappa shape index (κ2) is 6.98. The van der Waals surface area contributed by atoms with Crippen molar-refractivity contribution in [2.45, 2.75) is 12.8 Å². The standard InChI is InChI=1S/C10H18FN3S/c1-12-8-15-9(10(11)13-2)7-14-5-3-4-6-14/h12H,2-8H2,1H3/b10-9-. The first-order valence-electron chi connectivity index (χ1n) is 5.13. The summed E-state index contributed by atoms with van der Waals surface area (Å²) in [6.45, 7) is 6.02. The molecule has 1 saturated heterocycles. The van der Waals surface area contributed by atoms with E-state index in [4.69, 9.17) is 0 Å². The summed E-state index contributed by atoms with van der Waals surface area (Å²) in [6.07, 6.45) is 2.43. The zero-order valence-corrected chi connectivity index (χ0v) is 9.95. The van der Waals surface area contributed by atoms with E-state index >= 15 is 0 Å². The highest BCUT2D eigenvalue weighted by Gasteiger charge is 2.15. The van der Waals surface area contributed by atoms with E-state index < -0.39 is 5.95 Å². The molecule has 1 fully saturated rings. The van der Waals surface area contributed by atoms with E-state index in [1.54, 1.807) is 0 Å². The summed E-state index contributed by atoms with van der Waals surface area (Å²) in [5.41, 5.74) is 0. The maximum Gasteiger partial charge on any atom is 0.223 e. The van der Waals surface area contributed by atoms with E-state index in [0.29, 0.717) is 17.3 Å². The van der Waals surface area contributed by atoms with Gasteiger partial charge in [-0.3, -0.25) is 4.90 Å². The Hall–Kier alpha value is -0.390. The lowest BCUT2D eigenvalue weighted by Gasteiger charge is -2.16. The molecule has 1 aliphatic rings. The largest absolute Gasteiger partial charge is 0.311 e. The summed E-state index contributed by atoms with van der Waals surface area (Å²) < 4.78 is 13.3. The molecule has 1 heterocycles. The summed E-state index contributed by atoms with van der Waals surface area (Å²) in [5, 5.41) is 2.98. The molecule has 15 heavy (non-hydrogen) atoms. The van der Waals surface area contributed by atoms with Crippen molar-refractivity contribution in [2.75, 3.05) is 32.6 Å². The lowest BCUT2D eigenvalue weighted by molar-refractivity contribution is 0.371. The van der Waals surface area contributed by atoms with Crippen LogP contribution in [0.15, 0.2) is 15.8 Å². The van der Waals surface area contributed by atoms with Crippen molar-refractivity contribution in [1.82, 2.24) is 10.2 Å². The van der Waals surface area contributed by atoms with Crippen LogP contribution < -0.4 is 5.32 Å². The number of thioether (sulfide) groups is 1. The highest BCUT2D eigenvalue weighted by molar-refractivity contribution is 8.03. The van der Waals surface area contributed by atoms with E-state index in [0.717, 1.165) is 13.1 Å². The molecule has 0 spiro atoms. The van der Waals surface area contributed by atoms with E-state index in [1.165, 1.54) is 24.6 Å². The van der Waals surface area contributed by atoms with Gasteiger partial charge in [-0.15, -0.1) is 11.8 Å². The molecule has 0 amide bonds. The van der Waals surface area contributed by atoms with Crippen molar-refractivity contribution in [3.63, 3.8) is 0 Å². The van der Waals surface area contributed by atoms with Crippen LogP contribution in [0.3, 0.4) is 0 Å². The monoisotopic (exact) mass is 231 g/mol. The number of hydrogen-bond donors (Lipinski definition) is 1.